The van der Waals surface area contributed by atoms with E-state index in [2.05, 4.69) is 24.1 Å². The van der Waals surface area contributed by atoms with Gasteiger partial charge in [-0.15, -0.1) is 0 Å². The van der Waals surface area contributed by atoms with E-state index in [-0.39, 0.29) is 11.6 Å². The minimum atomic E-state index is -0.409. The lowest BCUT2D eigenvalue weighted by Gasteiger charge is -2.19. The number of aromatic nitrogens is 4. The van der Waals surface area contributed by atoms with E-state index in [0.717, 1.165) is 29.4 Å². The third-order valence-corrected chi connectivity index (χ3v) is 5.63. The fourth-order valence-electron chi connectivity index (χ4n) is 3.80. The van der Waals surface area contributed by atoms with Gasteiger partial charge in [-0.25, -0.2) is 4.79 Å². The van der Waals surface area contributed by atoms with Gasteiger partial charge in [0.1, 0.15) is 11.5 Å². The zero-order valence-corrected chi connectivity index (χ0v) is 19.1. The second-order valence-corrected chi connectivity index (χ2v) is 7.62. The monoisotopic (exact) mass is 429 g/mol. The van der Waals surface area contributed by atoms with Crippen LogP contribution in [0.25, 0.3) is 11.2 Å². The molecule has 0 amide bonds. The number of imidazole rings is 1. The Morgan fingerprint density at radius 1 is 1.10 bits per heavy atom. The number of rotatable bonds is 9. The Balaban J connectivity index is 2.26. The molecule has 3 rings (SSSR count). The Morgan fingerprint density at radius 3 is 2.45 bits per heavy atom. The van der Waals surface area contributed by atoms with Crippen molar-refractivity contribution >= 4 is 17.1 Å². The number of nitrogens with zero attached hydrogens (tertiary/aromatic N) is 4. The molecule has 1 aromatic carbocycles. The summed E-state index contributed by atoms with van der Waals surface area (Å²) < 4.78 is 15.2. The van der Waals surface area contributed by atoms with Crippen LogP contribution in [0.5, 0.6) is 11.5 Å². The molecular formula is C22H31N5O4. The van der Waals surface area contributed by atoms with Crippen molar-refractivity contribution in [2.75, 3.05) is 19.5 Å². The van der Waals surface area contributed by atoms with Crippen molar-refractivity contribution in [1.82, 2.24) is 18.7 Å². The summed E-state index contributed by atoms with van der Waals surface area (Å²) in [5.74, 6) is 1.92. The molecule has 0 saturated carbocycles. The first-order chi connectivity index (χ1) is 14.9. The van der Waals surface area contributed by atoms with Crippen LogP contribution in [-0.2, 0) is 20.6 Å². The smallest absolute Gasteiger partial charge is 0.332 e. The Kier molecular flexibility index (Phi) is 6.72. The Hall–Kier alpha value is -3.23. The molecule has 0 aliphatic heterocycles. The Morgan fingerprint density at radius 2 is 1.84 bits per heavy atom. The molecule has 0 fully saturated rings. The van der Waals surface area contributed by atoms with Gasteiger partial charge in [-0.2, -0.15) is 4.98 Å². The van der Waals surface area contributed by atoms with E-state index in [1.807, 2.05) is 22.8 Å². The molecule has 2 heterocycles. The number of fused-ring (bicyclic) bond motifs is 1. The van der Waals surface area contributed by atoms with Crippen molar-refractivity contribution in [1.29, 1.82) is 0 Å². The lowest BCUT2D eigenvalue weighted by molar-refractivity contribution is 0.398. The standard InChI is InChI=1S/C22H31N5O4/c1-7-9-15(8-2)23-21-24-19-18(20(28)26(4)22(29)25(19)3)27(21)13-14-12-16(30-5)10-11-17(14)31-6/h10-12,15H,7-9,13H2,1-6H3,(H,23,24). The predicted octanol–water partition coefficient (Wildman–Crippen LogP) is 2.49. The maximum atomic E-state index is 13.1. The van der Waals surface area contributed by atoms with E-state index in [1.165, 1.54) is 11.6 Å². The predicted molar refractivity (Wildman–Crippen MR) is 121 cm³/mol. The highest BCUT2D eigenvalue weighted by Gasteiger charge is 2.22. The molecule has 0 bridgehead atoms. The molecule has 0 spiro atoms. The highest BCUT2D eigenvalue weighted by molar-refractivity contribution is 5.74. The summed E-state index contributed by atoms with van der Waals surface area (Å²) in [6.07, 6.45) is 2.91. The van der Waals surface area contributed by atoms with Crippen LogP contribution in [0.4, 0.5) is 5.95 Å². The van der Waals surface area contributed by atoms with Crippen LogP contribution >= 0.6 is 0 Å². The fourth-order valence-corrected chi connectivity index (χ4v) is 3.80. The van der Waals surface area contributed by atoms with Crippen LogP contribution in [0.1, 0.15) is 38.7 Å². The zero-order valence-electron chi connectivity index (χ0n) is 19.1. The molecule has 1 N–H and O–H groups in total. The van der Waals surface area contributed by atoms with Crippen molar-refractivity contribution in [3.8, 4) is 11.5 Å². The van der Waals surface area contributed by atoms with Gasteiger partial charge in [0.25, 0.3) is 5.56 Å². The zero-order chi connectivity index (χ0) is 22.7. The molecule has 0 radical (unpaired) electrons. The average molecular weight is 430 g/mol. The largest absolute Gasteiger partial charge is 0.497 e. The summed E-state index contributed by atoms with van der Waals surface area (Å²) in [4.78, 5) is 30.2. The summed E-state index contributed by atoms with van der Waals surface area (Å²) in [6.45, 7) is 4.57. The van der Waals surface area contributed by atoms with Crippen LogP contribution in [0.2, 0.25) is 0 Å². The van der Waals surface area contributed by atoms with Gasteiger partial charge < -0.3 is 14.8 Å². The molecular weight excluding hydrogens is 398 g/mol. The molecule has 1 unspecified atom stereocenters. The summed E-state index contributed by atoms with van der Waals surface area (Å²) >= 11 is 0. The first-order valence-corrected chi connectivity index (χ1v) is 10.5. The van der Waals surface area contributed by atoms with Crippen LogP contribution in [0.15, 0.2) is 27.8 Å². The molecule has 9 heteroatoms. The minimum Gasteiger partial charge on any atom is -0.497 e. The van der Waals surface area contributed by atoms with Crippen molar-refractivity contribution in [3.05, 3.63) is 44.6 Å². The van der Waals surface area contributed by atoms with E-state index in [9.17, 15) is 9.59 Å². The maximum absolute atomic E-state index is 13.1. The van der Waals surface area contributed by atoms with Gasteiger partial charge in [0.05, 0.1) is 20.8 Å². The molecule has 0 aliphatic carbocycles. The number of nitrogens with one attached hydrogen (secondary N) is 1. The summed E-state index contributed by atoms with van der Waals surface area (Å²) in [5, 5.41) is 3.48. The SMILES string of the molecule is CCCC(CC)Nc1nc2c(c(=O)n(C)c(=O)n2C)n1Cc1cc(OC)ccc1OC. The highest BCUT2D eigenvalue weighted by atomic mass is 16.5. The summed E-state index contributed by atoms with van der Waals surface area (Å²) in [5.41, 5.74) is 0.757. The first-order valence-electron chi connectivity index (χ1n) is 10.5. The van der Waals surface area contributed by atoms with E-state index in [4.69, 9.17) is 9.47 Å². The van der Waals surface area contributed by atoms with E-state index in [0.29, 0.717) is 35.2 Å². The third kappa shape index (κ3) is 4.17. The number of hydrogen-bond acceptors (Lipinski definition) is 6. The average Bonchev–Trinajstić information content (AvgIpc) is 3.13. The van der Waals surface area contributed by atoms with Crippen molar-refractivity contribution < 1.29 is 9.47 Å². The summed E-state index contributed by atoms with van der Waals surface area (Å²) in [6, 6.07) is 5.74. The van der Waals surface area contributed by atoms with Gasteiger partial charge in [0.2, 0.25) is 5.95 Å². The van der Waals surface area contributed by atoms with Crippen LogP contribution in [0.3, 0.4) is 0 Å². The van der Waals surface area contributed by atoms with Gasteiger partial charge >= 0.3 is 5.69 Å². The minimum absolute atomic E-state index is 0.202. The number of ether oxygens (including phenoxy) is 2. The van der Waals surface area contributed by atoms with E-state index in [1.54, 1.807) is 21.3 Å². The number of hydrogen-bond donors (Lipinski definition) is 1. The fraction of sp³-hybridized carbons (Fsp3) is 0.500. The Labute approximate surface area is 181 Å². The summed E-state index contributed by atoms with van der Waals surface area (Å²) in [7, 11) is 6.31. The van der Waals surface area contributed by atoms with Gasteiger partial charge in [-0.1, -0.05) is 20.3 Å². The molecule has 3 aromatic rings. The van der Waals surface area contributed by atoms with Gasteiger partial charge in [0.15, 0.2) is 11.2 Å². The van der Waals surface area contributed by atoms with Crippen LogP contribution < -0.4 is 26.0 Å². The third-order valence-electron chi connectivity index (χ3n) is 5.63. The number of benzene rings is 1. The van der Waals surface area contributed by atoms with Crippen molar-refractivity contribution in [2.24, 2.45) is 14.1 Å². The van der Waals surface area contributed by atoms with Gasteiger partial charge in [-0.05, 0) is 31.0 Å². The van der Waals surface area contributed by atoms with Crippen LogP contribution in [-0.4, -0.2) is 38.9 Å². The molecule has 1 atom stereocenters. The number of methoxy groups -OCH3 is 2. The van der Waals surface area contributed by atoms with Crippen molar-refractivity contribution in [3.63, 3.8) is 0 Å². The Bertz CT molecular complexity index is 1190. The topological polar surface area (TPSA) is 92.3 Å². The van der Waals surface area contributed by atoms with E-state index >= 15 is 0 Å². The van der Waals surface area contributed by atoms with Crippen LogP contribution in [0, 0.1) is 0 Å². The molecule has 9 nitrogen and oxygen atoms in total. The maximum Gasteiger partial charge on any atom is 0.332 e. The normalized spacial score (nSPS) is 12.2. The first kappa shape index (κ1) is 22.5. The van der Waals surface area contributed by atoms with Gasteiger partial charge in [0, 0.05) is 25.7 Å². The lowest BCUT2D eigenvalue weighted by atomic mass is 10.1. The molecule has 0 saturated heterocycles. The highest BCUT2D eigenvalue weighted by Crippen LogP contribution is 2.27. The van der Waals surface area contributed by atoms with E-state index < -0.39 is 5.69 Å². The second-order valence-electron chi connectivity index (χ2n) is 7.62. The van der Waals surface area contributed by atoms with Crippen molar-refractivity contribution in [2.45, 2.75) is 45.7 Å². The molecule has 168 valence electrons. The molecule has 2 aromatic heterocycles. The lowest BCUT2D eigenvalue weighted by Crippen LogP contribution is -2.37. The molecule has 0 aliphatic rings. The second kappa shape index (κ2) is 9.28. The number of aryl methyl sites for hydroxylation is 1. The quantitative estimate of drug-likeness (QED) is 0.562. The number of anilines is 1. The van der Waals surface area contributed by atoms with Gasteiger partial charge in [-0.3, -0.25) is 18.5 Å². The molecule has 31 heavy (non-hydrogen) atoms.